The van der Waals surface area contributed by atoms with Gasteiger partial charge in [0.25, 0.3) is 0 Å². The van der Waals surface area contributed by atoms with Crippen LogP contribution >= 0.6 is 0 Å². The van der Waals surface area contributed by atoms with Crippen LogP contribution in [-0.4, -0.2) is 38.3 Å². The number of carbonyl (C=O) groups excluding carboxylic acids is 1. The molecule has 0 bridgehead atoms. The van der Waals surface area contributed by atoms with E-state index in [0.29, 0.717) is 12.5 Å². The van der Waals surface area contributed by atoms with Crippen molar-refractivity contribution in [3.63, 3.8) is 0 Å². The van der Waals surface area contributed by atoms with Crippen LogP contribution in [0.1, 0.15) is 38.5 Å². The first-order valence-corrected chi connectivity index (χ1v) is 6.92. The molecular weight excluding hydrogens is 216 g/mol. The van der Waals surface area contributed by atoms with E-state index in [0.717, 1.165) is 38.6 Å². The zero-order valence-electron chi connectivity index (χ0n) is 10.5. The molecule has 2 fully saturated rings. The first-order valence-electron chi connectivity index (χ1n) is 6.92. The summed E-state index contributed by atoms with van der Waals surface area (Å²) < 4.78 is 5.50. The topological polar surface area (TPSA) is 50.4 Å². The summed E-state index contributed by atoms with van der Waals surface area (Å²) in [5.41, 5.74) is 0. The quantitative estimate of drug-likeness (QED) is 0.561. The fraction of sp³-hybridized carbons (Fsp3) is 0.923. The van der Waals surface area contributed by atoms with Crippen LogP contribution in [0, 0.1) is 5.92 Å². The molecule has 2 aliphatic carbocycles. The second-order valence-electron chi connectivity index (χ2n) is 5.20. The number of amides is 1. The molecule has 2 N–H and O–H groups in total. The van der Waals surface area contributed by atoms with Crippen molar-refractivity contribution in [2.24, 2.45) is 5.92 Å². The van der Waals surface area contributed by atoms with Crippen LogP contribution in [0.4, 0.5) is 0 Å². The predicted molar refractivity (Wildman–Crippen MR) is 66.8 cm³/mol. The summed E-state index contributed by atoms with van der Waals surface area (Å²) in [6.07, 6.45) is 6.75. The lowest BCUT2D eigenvalue weighted by Gasteiger charge is -2.06. The molecule has 0 unspecified atom stereocenters. The minimum atomic E-state index is 0.153. The van der Waals surface area contributed by atoms with Gasteiger partial charge in [0.05, 0.1) is 0 Å². The highest BCUT2D eigenvalue weighted by atomic mass is 16.5. The van der Waals surface area contributed by atoms with Crippen molar-refractivity contribution in [2.75, 3.05) is 26.3 Å². The fourth-order valence-corrected chi connectivity index (χ4v) is 1.70. The van der Waals surface area contributed by atoms with Crippen molar-refractivity contribution < 1.29 is 9.53 Å². The van der Waals surface area contributed by atoms with E-state index in [2.05, 4.69) is 10.6 Å². The summed E-state index contributed by atoms with van der Waals surface area (Å²) in [5, 5.41) is 6.25. The summed E-state index contributed by atoms with van der Waals surface area (Å²) in [6, 6.07) is 0.693. The van der Waals surface area contributed by atoms with Gasteiger partial charge in [-0.15, -0.1) is 0 Å². The Balaban J connectivity index is 1.32. The Labute approximate surface area is 103 Å². The standard InChI is InChI=1S/C13H24N2O2/c16-13(6-8-14-12-4-5-12)15-7-1-9-17-10-11-2-3-11/h11-12,14H,1-10H2,(H,15,16). The van der Waals surface area contributed by atoms with E-state index in [9.17, 15) is 4.79 Å². The molecule has 0 saturated heterocycles. The summed E-state index contributed by atoms with van der Waals surface area (Å²) in [6.45, 7) is 3.25. The van der Waals surface area contributed by atoms with Gasteiger partial charge >= 0.3 is 0 Å². The largest absolute Gasteiger partial charge is 0.381 e. The van der Waals surface area contributed by atoms with Crippen LogP contribution in [0.25, 0.3) is 0 Å². The highest BCUT2D eigenvalue weighted by molar-refractivity contribution is 5.75. The van der Waals surface area contributed by atoms with Crippen molar-refractivity contribution in [2.45, 2.75) is 44.6 Å². The number of nitrogens with one attached hydrogen (secondary N) is 2. The number of hydrogen-bond acceptors (Lipinski definition) is 3. The van der Waals surface area contributed by atoms with Gasteiger partial charge in [0, 0.05) is 38.8 Å². The second-order valence-corrected chi connectivity index (χ2v) is 5.20. The zero-order valence-corrected chi connectivity index (χ0v) is 10.5. The lowest BCUT2D eigenvalue weighted by Crippen LogP contribution is -2.29. The third-order valence-corrected chi connectivity index (χ3v) is 3.20. The summed E-state index contributed by atoms with van der Waals surface area (Å²) >= 11 is 0. The first kappa shape index (κ1) is 12.8. The van der Waals surface area contributed by atoms with Crippen molar-refractivity contribution >= 4 is 5.91 Å². The van der Waals surface area contributed by atoms with E-state index in [1.807, 2.05) is 0 Å². The van der Waals surface area contributed by atoms with Crippen LogP contribution in [0.5, 0.6) is 0 Å². The molecule has 0 aromatic rings. The van der Waals surface area contributed by atoms with Gasteiger partial charge in [0.15, 0.2) is 0 Å². The average Bonchev–Trinajstić information content (AvgIpc) is 3.15. The van der Waals surface area contributed by atoms with Gasteiger partial charge < -0.3 is 15.4 Å². The molecule has 4 nitrogen and oxygen atoms in total. The van der Waals surface area contributed by atoms with E-state index < -0.39 is 0 Å². The van der Waals surface area contributed by atoms with Crippen LogP contribution in [0.3, 0.4) is 0 Å². The lowest BCUT2D eigenvalue weighted by atomic mass is 10.3. The smallest absolute Gasteiger partial charge is 0.221 e. The van der Waals surface area contributed by atoms with Crippen LogP contribution in [0.2, 0.25) is 0 Å². The molecule has 0 aromatic heterocycles. The molecule has 0 aliphatic heterocycles. The molecule has 0 aromatic carbocycles. The lowest BCUT2D eigenvalue weighted by molar-refractivity contribution is -0.121. The summed E-state index contributed by atoms with van der Waals surface area (Å²) in [5.74, 6) is 0.985. The maximum absolute atomic E-state index is 11.4. The van der Waals surface area contributed by atoms with E-state index in [1.165, 1.54) is 25.7 Å². The number of ether oxygens (including phenoxy) is 1. The molecule has 0 atom stereocenters. The molecule has 1 amide bonds. The molecule has 0 heterocycles. The monoisotopic (exact) mass is 240 g/mol. The Morgan fingerprint density at radius 3 is 2.71 bits per heavy atom. The molecule has 2 saturated carbocycles. The minimum absolute atomic E-state index is 0.153. The van der Waals surface area contributed by atoms with E-state index >= 15 is 0 Å². The van der Waals surface area contributed by atoms with Crippen molar-refractivity contribution in [1.82, 2.24) is 10.6 Å². The molecule has 2 rings (SSSR count). The number of carbonyl (C=O) groups is 1. The molecule has 2 aliphatic rings. The predicted octanol–water partition coefficient (Wildman–Crippen LogP) is 1.06. The Hall–Kier alpha value is -0.610. The highest BCUT2D eigenvalue weighted by Gasteiger charge is 2.21. The van der Waals surface area contributed by atoms with Crippen LogP contribution in [-0.2, 0) is 9.53 Å². The van der Waals surface area contributed by atoms with Gasteiger partial charge in [-0.25, -0.2) is 0 Å². The highest BCUT2D eigenvalue weighted by Crippen LogP contribution is 2.28. The SMILES string of the molecule is O=C(CCNC1CC1)NCCCOCC1CC1. The molecule has 17 heavy (non-hydrogen) atoms. The van der Waals surface area contributed by atoms with E-state index in [-0.39, 0.29) is 5.91 Å². The number of rotatable bonds is 10. The minimum Gasteiger partial charge on any atom is -0.381 e. The number of hydrogen-bond donors (Lipinski definition) is 2. The molecule has 0 spiro atoms. The first-order chi connectivity index (χ1) is 8.34. The zero-order chi connectivity index (χ0) is 11.9. The summed E-state index contributed by atoms with van der Waals surface area (Å²) in [4.78, 5) is 11.4. The van der Waals surface area contributed by atoms with Crippen LogP contribution < -0.4 is 10.6 Å². The Morgan fingerprint density at radius 1 is 1.18 bits per heavy atom. The molecular formula is C13H24N2O2. The van der Waals surface area contributed by atoms with Crippen molar-refractivity contribution in [1.29, 1.82) is 0 Å². The fourth-order valence-electron chi connectivity index (χ4n) is 1.70. The maximum Gasteiger partial charge on any atom is 0.221 e. The second kappa shape index (κ2) is 6.97. The van der Waals surface area contributed by atoms with Crippen molar-refractivity contribution in [3.05, 3.63) is 0 Å². The van der Waals surface area contributed by atoms with Gasteiger partial charge in [0.1, 0.15) is 0 Å². The Morgan fingerprint density at radius 2 is 2.00 bits per heavy atom. The van der Waals surface area contributed by atoms with E-state index in [4.69, 9.17) is 4.74 Å². The third kappa shape index (κ3) is 6.64. The van der Waals surface area contributed by atoms with Crippen molar-refractivity contribution in [3.8, 4) is 0 Å². The third-order valence-electron chi connectivity index (χ3n) is 3.20. The molecule has 4 heteroatoms. The van der Waals surface area contributed by atoms with E-state index in [1.54, 1.807) is 0 Å². The van der Waals surface area contributed by atoms with Gasteiger partial charge in [-0.05, 0) is 38.0 Å². The maximum atomic E-state index is 11.4. The van der Waals surface area contributed by atoms with Gasteiger partial charge in [0.2, 0.25) is 5.91 Å². The van der Waals surface area contributed by atoms with Crippen LogP contribution in [0.15, 0.2) is 0 Å². The average molecular weight is 240 g/mol. The molecule has 0 radical (unpaired) electrons. The van der Waals surface area contributed by atoms with Gasteiger partial charge in [-0.1, -0.05) is 0 Å². The summed E-state index contributed by atoms with van der Waals surface area (Å²) in [7, 11) is 0. The van der Waals surface area contributed by atoms with Gasteiger partial charge in [-0.3, -0.25) is 4.79 Å². The Bertz CT molecular complexity index is 238. The molecule has 98 valence electrons. The Kier molecular flexibility index (Phi) is 5.26. The normalized spacial score (nSPS) is 19.3. The van der Waals surface area contributed by atoms with Gasteiger partial charge in [-0.2, -0.15) is 0 Å².